The predicted molar refractivity (Wildman–Crippen MR) is 75.0 cm³/mol. The first-order valence-electron chi connectivity index (χ1n) is 6.30. The minimum absolute atomic E-state index is 0.217. The first-order valence-corrected chi connectivity index (χ1v) is 6.30. The molecule has 4 heteroatoms. The monoisotopic (exact) mass is 253 g/mol. The number of benzene rings is 1. The van der Waals surface area contributed by atoms with Gasteiger partial charge in [-0.25, -0.2) is 9.97 Å². The summed E-state index contributed by atoms with van der Waals surface area (Å²) in [6.45, 7) is 4.17. The van der Waals surface area contributed by atoms with Crippen LogP contribution in [0.25, 0.3) is 22.6 Å². The molecule has 3 aromatic rings. The summed E-state index contributed by atoms with van der Waals surface area (Å²) in [5.74, 6) is 0.988. The van der Waals surface area contributed by atoms with E-state index in [1.54, 1.807) is 18.3 Å². The molecule has 0 bridgehead atoms. The maximum atomic E-state index is 10.0. The van der Waals surface area contributed by atoms with E-state index in [-0.39, 0.29) is 11.8 Å². The van der Waals surface area contributed by atoms with Crippen molar-refractivity contribution in [2.24, 2.45) is 0 Å². The molecular weight excluding hydrogens is 238 g/mol. The average Bonchev–Trinajstić information content (AvgIpc) is 2.78. The van der Waals surface area contributed by atoms with Gasteiger partial charge in [-0.1, -0.05) is 12.1 Å². The Morgan fingerprint density at radius 1 is 1.11 bits per heavy atom. The summed E-state index contributed by atoms with van der Waals surface area (Å²) in [5, 5.41) is 10.0. The summed E-state index contributed by atoms with van der Waals surface area (Å²) in [6.07, 6.45) is 1.76. The first-order chi connectivity index (χ1) is 9.18. The van der Waals surface area contributed by atoms with Crippen LogP contribution in [0.1, 0.15) is 19.9 Å². The summed E-state index contributed by atoms with van der Waals surface area (Å²) in [6, 6.07) is 11.3. The number of fused-ring (bicyclic) bond motifs is 1. The summed E-state index contributed by atoms with van der Waals surface area (Å²) >= 11 is 0. The number of para-hydroxylation sites is 1. The molecule has 2 heterocycles. The van der Waals surface area contributed by atoms with Gasteiger partial charge in [0, 0.05) is 12.2 Å². The van der Waals surface area contributed by atoms with E-state index in [1.807, 2.05) is 28.8 Å². The van der Waals surface area contributed by atoms with Gasteiger partial charge < -0.3 is 9.67 Å². The highest BCUT2D eigenvalue weighted by molar-refractivity contribution is 5.78. The molecule has 0 radical (unpaired) electrons. The molecule has 0 atom stereocenters. The quantitative estimate of drug-likeness (QED) is 0.761. The van der Waals surface area contributed by atoms with Gasteiger partial charge in [0.2, 0.25) is 0 Å². The van der Waals surface area contributed by atoms with Gasteiger partial charge in [-0.05, 0) is 38.1 Å². The number of hydrogen-bond donors (Lipinski definition) is 1. The molecule has 0 fully saturated rings. The van der Waals surface area contributed by atoms with E-state index in [1.165, 1.54) is 0 Å². The van der Waals surface area contributed by atoms with E-state index in [9.17, 15) is 5.11 Å². The number of nitrogens with zero attached hydrogens (tertiary/aromatic N) is 3. The normalized spacial score (nSPS) is 11.3. The van der Waals surface area contributed by atoms with Gasteiger partial charge >= 0.3 is 0 Å². The predicted octanol–water partition coefficient (Wildman–Crippen LogP) is 3.38. The van der Waals surface area contributed by atoms with Crippen LogP contribution in [0.4, 0.5) is 0 Å². The van der Waals surface area contributed by atoms with Crippen molar-refractivity contribution < 1.29 is 5.11 Å². The third-order valence-electron chi connectivity index (χ3n) is 3.11. The van der Waals surface area contributed by atoms with Crippen molar-refractivity contribution in [3.63, 3.8) is 0 Å². The summed E-state index contributed by atoms with van der Waals surface area (Å²) in [7, 11) is 0. The third-order valence-corrected chi connectivity index (χ3v) is 3.11. The van der Waals surface area contributed by atoms with Crippen molar-refractivity contribution >= 4 is 11.2 Å². The molecule has 0 aliphatic rings. The van der Waals surface area contributed by atoms with Gasteiger partial charge in [-0.2, -0.15) is 0 Å². The lowest BCUT2D eigenvalue weighted by atomic mass is 10.2. The van der Waals surface area contributed by atoms with Crippen LogP contribution in [0.3, 0.4) is 0 Å². The Morgan fingerprint density at radius 3 is 2.63 bits per heavy atom. The summed E-state index contributed by atoms with van der Waals surface area (Å²) < 4.78 is 2.05. The largest absolute Gasteiger partial charge is 0.507 e. The van der Waals surface area contributed by atoms with Crippen LogP contribution in [-0.2, 0) is 0 Å². The third kappa shape index (κ3) is 1.85. The Morgan fingerprint density at radius 2 is 1.89 bits per heavy atom. The van der Waals surface area contributed by atoms with Crippen molar-refractivity contribution in [1.29, 1.82) is 0 Å². The highest BCUT2D eigenvalue weighted by Crippen LogP contribution is 2.32. The molecule has 0 unspecified atom stereocenters. The van der Waals surface area contributed by atoms with Gasteiger partial charge in [0.25, 0.3) is 0 Å². The Hall–Kier alpha value is -2.36. The maximum absolute atomic E-state index is 10.0. The van der Waals surface area contributed by atoms with E-state index >= 15 is 0 Å². The Bertz CT molecular complexity index is 731. The van der Waals surface area contributed by atoms with Crippen LogP contribution >= 0.6 is 0 Å². The minimum atomic E-state index is 0.217. The van der Waals surface area contributed by atoms with Crippen molar-refractivity contribution in [3.05, 3.63) is 42.6 Å². The second kappa shape index (κ2) is 4.39. The van der Waals surface area contributed by atoms with Gasteiger partial charge in [0.15, 0.2) is 5.65 Å². The fourth-order valence-electron chi connectivity index (χ4n) is 2.27. The second-order valence-electron chi connectivity index (χ2n) is 4.76. The molecule has 1 N–H and O–H groups in total. The zero-order valence-electron chi connectivity index (χ0n) is 10.9. The van der Waals surface area contributed by atoms with E-state index in [0.717, 1.165) is 22.6 Å². The number of aromatic nitrogens is 3. The Balaban J connectivity index is 2.35. The molecule has 0 aliphatic carbocycles. The number of aromatic hydroxyl groups is 1. The molecule has 19 heavy (non-hydrogen) atoms. The lowest BCUT2D eigenvalue weighted by Crippen LogP contribution is -2.04. The molecule has 3 rings (SSSR count). The highest BCUT2D eigenvalue weighted by atomic mass is 16.3. The number of hydrogen-bond acceptors (Lipinski definition) is 3. The SMILES string of the molecule is CC(C)n1c(-c2ccccc2O)nc2cccnc21. The molecule has 96 valence electrons. The Labute approximate surface area is 111 Å². The zero-order valence-corrected chi connectivity index (χ0v) is 10.9. The molecule has 2 aromatic heterocycles. The van der Waals surface area contributed by atoms with Crippen LogP contribution < -0.4 is 0 Å². The lowest BCUT2D eigenvalue weighted by molar-refractivity contribution is 0.476. The highest BCUT2D eigenvalue weighted by Gasteiger charge is 2.17. The number of phenolic OH excluding ortho intramolecular Hbond substituents is 1. The first kappa shape index (κ1) is 11.7. The van der Waals surface area contributed by atoms with Crippen LogP contribution in [0.15, 0.2) is 42.6 Å². The molecule has 1 aromatic carbocycles. The molecule has 0 aliphatic heterocycles. The van der Waals surface area contributed by atoms with Crippen molar-refractivity contribution in [2.45, 2.75) is 19.9 Å². The van der Waals surface area contributed by atoms with Gasteiger partial charge in [0.1, 0.15) is 17.1 Å². The van der Waals surface area contributed by atoms with E-state index < -0.39 is 0 Å². The topological polar surface area (TPSA) is 50.9 Å². The Kier molecular flexibility index (Phi) is 2.71. The standard InChI is InChI=1S/C15H15N3O/c1-10(2)18-14(11-6-3-4-8-13(11)19)17-12-7-5-9-16-15(12)18/h3-10,19H,1-2H3. The number of rotatable bonds is 2. The van der Waals surface area contributed by atoms with Crippen molar-refractivity contribution in [1.82, 2.24) is 14.5 Å². The smallest absolute Gasteiger partial charge is 0.160 e. The van der Waals surface area contributed by atoms with Gasteiger partial charge in [-0.15, -0.1) is 0 Å². The summed E-state index contributed by atoms with van der Waals surface area (Å²) in [5.41, 5.74) is 2.42. The molecule has 0 saturated carbocycles. The molecule has 4 nitrogen and oxygen atoms in total. The zero-order chi connectivity index (χ0) is 13.4. The van der Waals surface area contributed by atoms with Crippen molar-refractivity contribution in [2.75, 3.05) is 0 Å². The van der Waals surface area contributed by atoms with Crippen LogP contribution in [0.2, 0.25) is 0 Å². The fraction of sp³-hybridized carbons (Fsp3) is 0.200. The minimum Gasteiger partial charge on any atom is -0.507 e. The average molecular weight is 253 g/mol. The van der Waals surface area contributed by atoms with E-state index in [4.69, 9.17) is 0 Å². The van der Waals surface area contributed by atoms with Crippen LogP contribution in [0, 0.1) is 0 Å². The molecular formula is C15H15N3O. The van der Waals surface area contributed by atoms with Gasteiger partial charge in [0.05, 0.1) is 5.56 Å². The summed E-state index contributed by atoms with van der Waals surface area (Å²) in [4.78, 5) is 9.00. The van der Waals surface area contributed by atoms with Crippen LogP contribution in [0.5, 0.6) is 5.75 Å². The number of phenols is 1. The maximum Gasteiger partial charge on any atom is 0.160 e. The fourth-order valence-corrected chi connectivity index (χ4v) is 2.27. The molecule has 0 amide bonds. The number of imidazole rings is 1. The molecule has 0 saturated heterocycles. The lowest BCUT2D eigenvalue weighted by Gasteiger charge is -2.12. The van der Waals surface area contributed by atoms with E-state index in [0.29, 0.717) is 0 Å². The van der Waals surface area contributed by atoms with Crippen molar-refractivity contribution in [3.8, 4) is 17.1 Å². The number of pyridine rings is 1. The molecule has 0 spiro atoms. The van der Waals surface area contributed by atoms with E-state index in [2.05, 4.69) is 23.8 Å². The van der Waals surface area contributed by atoms with Crippen LogP contribution in [-0.4, -0.2) is 19.6 Å². The second-order valence-corrected chi connectivity index (χ2v) is 4.76. The van der Waals surface area contributed by atoms with Gasteiger partial charge in [-0.3, -0.25) is 0 Å².